The highest BCUT2D eigenvalue weighted by Crippen LogP contribution is 2.31. The van der Waals surface area contributed by atoms with Crippen LogP contribution in [0.5, 0.6) is 0 Å². The van der Waals surface area contributed by atoms with Crippen LogP contribution >= 0.6 is 0 Å². The molecular formula is C24H31N5O3. The van der Waals surface area contributed by atoms with Crippen molar-refractivity contribution in [2.24, 2.45) is 5.92 Å². The third kappa shape index (κ3) is 5.43. The molecule has 170 valence electrons. The predicted octanol–water partition coefficient (Wildman–Crippen LogP) is 1.99. The maximum Gasteiger partial charge on any atom is 0.242 e. The van der Waals surface area contributed by atoms with Gasteiger partial charge in [-0.25, -0.2) is 0 Å². The standard InChI is InChI=1S/C24H31N5O3/c1-18-3-5-19(6-4-18)21-9-10-22(26-25-21)27-11-13-28(14-12-27)23(30)17-29(15-16-32-2)24(31)20-7-8-20/h3-6,9-10,20H,7-8,11-17H2,1-2H3. The molecule has 8 heteroatoms. The van der Waals surface area contributed by atoms with Gasteiger partial charge in [-0.05, 0) is 31.9 Å². The summed E-state index contributed by atoms with van der Waals surface area (Å²) in [6.07, 6.45) is 1.86. The van der Waals surface area contributed by atoms with Gasteiger partial charge in [0.15, 0.2) is 5.82 Å². The summed E-state index contributed by atoms with van der Waals surface area (Å²) in [5, 5.41) is 8.80. The summed E-state index contributed by atoms with van der Waals surface area (Å²) in [5.74, 6) is 0.991. The van der Waals surface area contributed by atoms with Crippen molar-refractivity contribution >= 4 is 17.6 Å². The maximum absolute atomic E-state index is 12.8. The van der Waals surface area contributed by atoms with Crippen molar-refractivity contribution in [3.05, 3.63) is 42.0 Å². The molecular weight excluding hydrogens is 406 g/mol. The molecule has 0 radical (unpaired) electrons. The molecule has 2 aromatic rings. The number of anilines is 1. The number of methoxy groups -OCH3 is 1. The van der Waals surface area contributed by atoms with E-state index in [1.807, 2.05) is 29.2 Å². The van der Waals surface area contributed by atoms with Crippen molar-refractivity contribution in [3.8, 4) is 11.3 Å². The van der Waals surface area contributed by atoms with Gasteiger partial charge in [0.2, 0.25) is 11.8 Å². The highest BCUT2D eigenvalue weighted by molar-refractivity contribution is 5.87. The number of nitrogens with zero attached hydrogens (tertiary/aromatic N) is 5. The number of hydrogen-bond acceptors (Lipinski definition) is 6. The third-order valence-electron chi connectivity index (χ3n) is 6.08. The molecule has 2 heterocycles. The van der Waals surface area contributed by atoms with E-state index in [1.54, 1.807) is 12.0 Å². The number of carbonyl (C=O) groups is 2. The summed E-state index contributed by atoms with van der Waals surface area (Å²) in [6, 6.07) is 12.2. The number of piperazine rings is 1. The fourth-order valence-corrected chi connectivity index (χ4v) is 3.88. The van der Waals surface area contributed by atoms with E-state index in [2.05, 4.69) is 34.2 Å². The Kier molecular flexibility index (Phi) is 6.99. The van der Waals surface area contributed by atoms with E-state index in [0.29, 0.717) is 39.3 Å². The normalized spacial score (nSPS) is 16.2. The van der Waals surface area contributed by atoms with Crippen molar-refractivity contribution in [1.82, 2.24) is 20.0 Å². The zero-order valence-electron chi connectivity index (χ0n) is 18.9. The molecule has 0 unspecified atom stereocenters. The number of benzene rings is 1. The van der Waals surface area contributed by atoms with Crippen molar-refractivity contribution < 1.29 is 14.3 Å². The second kappa shape index (κ2) is 10.1. The van der Waals surface area contributed by atoms with Crippen LogP contribution in [0.4, 0.5) is 5.82 Å². The first-order valence-corrected chi connectivity index (χ1v) is 11.3. The number of hydrogen-bond donors (Lipinski definition) is 0. The second-order valence-electron chi connectivity index (χ2n) is 8.54. The molecule has 0 N–H and O–H groups in total. The number of rotatable bonds is 8. The van der Waals surface area contributed by atoms with Gasteiger partial charge in [-0.1, -0.05) is 29.8 Å². The lowest BCUT2D eigenvalue weighted by Gasteiger charge is -2.36. The van der Waals surface area contributed by atoms with E-state index < -0.39 is 0 Å². The van der Waals surface area contributed by atoms with E-state index in [-0.39, 0.29) is 24.3 Å². The van der Waals surface area contributed by atoms with Gasteiger partial charge in [0, 0.05) is 51.3 Å². The largest absolute Gasteiger partial charge is 0.383 e. The maximum atomic E-state index is 12.8. The summed E-state index contributed by atoms with van der Waals surface area (Å²) < 4.78 is 5.12. The van der Waals surface area contributed by atoms with Crippen molar-refractivity contribution in [3.63, 3.8) is 0 Å². The molecule has 8 nitrogen and oxygen atoms in total. The van der Waals surface area contributed by atoms with E-state index in [9.17, 15) is 9.59 Å². The van der Waals surface area contributed by atoms with Gasteiger partial charge in [-0.2, -0.15) is 0 Å². The predicted molar refractivity (Wildman–Crippen MR) is 122 cm³/mol. The molecule has 2 aliphatic rings. The van der Waals surface area contributed by atoms with Crippen LogP contribution in [0.3, 0.4) is 0 Å². The fourth-order valence-electron chi connectivity index (χ4n) is 3.88. The Morgan fingerprint density at radius 3 is 2.34 bits per heavy atom. The van der Waals surface area contributed by atoms with E-state index >= 15 is 0 Å². The Hall–Kier alpha value is -3.00. The molecule has 0 spiro atoms. The molecule has 2 fully saturated rings. The van der Waals surface area contributed by atoms with Gasteiger partial charge in [0.05, 0.1) is 18.8 Å². The average Bonchev–Trinajstić information content (AvgIpc) is 3.67. The second-order valence-corrected chi connectivity index (χ2v) is 8.54. The Labute approximate surface area is 189 Å². The van der Waals surface area contributed by atoms with Gasteiger partial charge < -0.3 is 19.4 Å². The number of carbonyl (C=O) groups excluding carboxylic acids is 2. The monoisotopic (exact) mass is 437 g/mol. The molecule has 1 aromatic carbocycles. The summed E-state index contributed by atoms with van der Waals surface area (Å²) >= 11 is 0. The van der Waals surface area contributed by atoms with Gasteiger partial charge in [-0.15, -0.1) is 10.2 Å². The minimum absolute atomic E-state index is 0.00411. The number of aryl methyl sites for hydroxylation is 1. The summed E-state index contributed by atoms with van der Waals surface area (Å²) in [6.45, 7) is 5.69. The molecule has 1 aliphatic carbocycles. The highest BCUT2D eigenvalue weighted by atomic mass is 16.5. The zero-order valence-corrected chi connectivity index (χ0v) is 18.9. The minimum atomic E-state index is -0.00411. The van der Waals surface area contributed by atoms with Gasteiger partial charge in [0.1, 0.15) is 0 Å². The quantitative estimate of drug-likeness (QED) is 0.629. The van der Waals surface area contributed by atoms with Crippen LogP contribution in [0.15, 0.2) is 36.4 Å². The van der Waals surface area contributed by atoms with Crippen LogP contribution in [0.25, 0.3) is 11.3 Å². The first kappa shape index (κ1) is 22.2. The SMILES string of the molecule is COCCN(CC(=O)N1CCN(c2ccc(-c3ccc(C)cc3)nn2)CC1)C(=O)C1CC1. The Balaban J connectivity index is 1.30. The van der Waals surface area contributed by atoms with Crippen molar-refractivity contribution in [2.45, 2.75) is 19.8 Å². The van der Waals surface area contributed by atoms with Crippen LogP contribution < -0.4 is 4.90 Å². The number of aromatic nitrogens is 2. The van der Waals surface area contributed by atoms with E-state index in [4.69, 9.17) is 4.74 Å². The van der Waals surface area contributed by atoms with Crippen LogP contribution in [-0.4, -0.2) is 84.8 Å². The Bertz CT molecular complexity index is 920. The number of amides is 2. The minimum Gasteiger partial charge on any atom is -0.383 e. The van der Waals surface area contributed by atoms with Gasteiger partial charge >= 0.3 is 0 Å². The number of ether oxygens (including phenoxy) is 1. The molecule has 1 saturated heterocycles. The first-order chi connectivity index (χ1) is 15.5. The van der Waals surface area contributed by atoms with E-state index in [1.165, 1.54) is 5.56 Å². The first-order valence-electron chi connectivity index (χ1n) is 11.3. The average molecular weight is 438 g/mol. The molecule has 1 aliphatic heterocycles. The van der Waals surface area contributed by atoms with Crippen molar-refractivity contribution in [2.75, 3.05) is 57.9 Å². The highest BCUT2D eigenvalue weighted by Gasteiger charge is 2.34. The Morgan fingerprint density at radius 2 is 1.75 bits per heavy atom. The summed E-state index contributed by atoms with van der Waals surface area (Å²) in [4.78, 5) is 31.0. The Morgan fingerprint density at radius 1 is 1.03 bits per heavy atom. The van der Waals surface area contributed by atoms with Gasteiger partial charge in [-0.3, -0.25) is 9.59 Å². The smallest absolute Gasteiger partial charge is 0.242 e. The van der Waals surface area contributed by atoms with Crippen molar-refractivity contribution in [1.29, 1.82) is 0 Å². The summed E-state index contributed by atoms with van der Waals surface area (Å²) in [7, 11) is 1.61. The van der Waals surface area contributed by atoms with Crippen LogP contribution in [0.2, 0.25) is 0 Å². The molecule has 32 heavy (non-hydrogen) atoms. The van der Waals surface area contributed by atoms with Crippen LogP contribution in [0, 0.1) is 12.8 Å². The molecule has 0 atom stereocenters. The summed E-state index contributed by atoms with van der Waals surface area (Å²) in [5.41, 5.74) is 3.10. The lowest BCUT2D eigenvalue weighted by atomic mass is 10.1. The molecule has 1 saturated carbocycles. The molecule has 4 rings (SSSR count). The topological polar surface area (TPSA) is 78.9 Å². The third-order valence-corrected chi connectivity index (χ3v) is 6.08. The molecule has 0 bridgehead atoms. The van der Waals surface area contributed by atoms with Crippen LogP contribution in [0.1, 0.15) is 18.4 Å². The molecule has 2 amide bonds. The lowest BCUT2D eigenvalue weighted by molar-refractivity contribution is -0.142. The zero-order chi connectivity index (χ0) is 22.5. The van der Waals surface area contributed by atoms with E-state index in [0.717, 1.165) is 29.9 Å². The molecule has 1 aromatic heterocycles. The fraction of sp³-hybridized carbons (Fsp3) is 0.500. The lowest BCUT2D eigenvalue weighted by Crippen LogP contribution is -2.52. The van der Waals surface area contributed by atoms with Gasteiger partial charge in [0.25, 0.3) is 0 Å². The van der Waals surface area contributed by atoms with Crippen LogP contribution in [-0.2, 0) is 14.3 Å².